The van der Waals surface area contributed by atoms with Gasteiger partial charge in [0.15, 0.2) is 0 Å². The molecular weight excluding hydrogens is 304 g/mol. The molecule has 0 spiro atoms. The molecule has 2 atom stereocenters. The lowest BCUT2D eigenvalue weighted by Gasteiger charge is -2.39. The van der Waals surface area contributed by atoms with Crippen LogP contribution < -0.4 is 5.32 Å². The first kappa shape index (κ1) is 18.3. The van der Waals surface area contributed by atoms with Crippen LogP contribution >= 0.6 is 0 Å². The quantitative estimate of drug-likeness (QED) is 0.879. The van der Waals surface area contributed by atoms with E-state index in [-0.39, 0.29) is 11.6 Å². The summed E-state index contributed by atoms with van der Waals surface area (Å²) >= 11 is 0. The van der Waals surface area contributed by atoms with E-state index in [1.807, 2.05) is 41.5 Å². The summed E-state index contributed by atoms with van der Waals surface area (Å²) in [6.45, 7) is 12.0. The Kier molecular flexibility index (Phi) is 4.92. The second-order valence-corrected chi connectivity index (χ2v) is 7.80. The van der Waals surface area contributed by atoms with Crippen LogP contribution in [-0.4, -0.2) is 34.3 Å². The van der Waals surface area contributed by atoms with Gasteiger partial charge in [-0.1, -0.05) is 29.3 Å². The first-order chi connectivity index (χ1) is 11.0. The molecule has 1 aliphatic heterocycles. The van der Waals surface area contributed by atoms with Gasteiger partial charge in [-0.25, -0.2) is 9.79 Å². The molecule has 0 radical (unpaired) electrons. The van der Waals surface area contributed by atoms with E-state index in [0.29, 0.717) is 12.3 Å². The third-order valence-corrected chi connectivity index (χ3v) is 4.20. The molecule has 2 N–H and O–H groups in total. The normalized spacial score (nSPS) is 22.1. The predicted octanol–water partition coefficient (Wildman–Crippen LogP) is 3.86. The fourth-order valence-corrected chi connectivity index (χ4v) is 3.52. The fraction of sp³-hybridized carbons (Fsp3) is 0.579. The molecule has 1 amide bonds. The number of nitrogens with one attached hydrogen (secondary N) is 1. The Morgan fingerprint density at radius 1 is 1.38 bits per heavy atom. The van der Waals surface area contributed by atoms with E-state index in [4.69, 9.17) is 9.73 Å². The van der Waals surface area contributed by atoms with Crippen LogP contribution in [0.15, 0.2) is 23.2 Å². The highest BCUT2D eigenvalue weighted by molar-refractivity contribution is 5.90. The maximum atomic E-state index is 11.4. The molecule has 1 aromatic rings. The molecule has 0 aliphatic carbocycles. The van der Waals surface area contributed by atoms with Gasteiger partial charge in [-0.3, -0.25) is 0 Å². The fourth-order valence-electron chi connectivity index (χ4n) is 3.52. The lowest BCUT2D eigenvalue weighted by molar-refractivity contribution is 0.120. The van der Waals surface area contributed by atoms with Crippen LogP contribution in [-0.2, 0) is 11.2 Å². The Morgan fingerprint density at radius 3 is 2.46 bits per heavy atom. The number of benzene rings is 1. The van der Waals surface area contributed by atoms with Gasteiger partial charge in [0.2, 0.25) is 5.90 Å². The van der Waals surface area contributed by atoms with Crippen LogP contribution in [0.1, 0.15) is 50.8 Å². The van der Waals surface area contributed by atoms with Crippen LogP contribution in [0, 0.1) is 13.8 Å². The summed E-state index contributed by atoms with van der Waals surface area (Å²) in [4.78, 5) is 16.1. The Bertz CT molecular complexity index is 646. The number of carbonyl (C=O) groups is 1. The van der Waals surface area contributed by atoms with Crippen molar-refractivity contribution < 1.29 is 14.6 Å². The second-order valence-electron chi connectivity index (χ2n) is 7.80. The molecule has 5 heteroatoms. The summed E-state index contributed by atoms with van der Waals surface area (Å²) in [6.07, 6.45) is 0.220. The lowest BCUT2D eigenvalue weighted by Crippen LogP contribution is -2.57. The van der Waals surface area contributed by atoms with E-state index in [0.717, 1.165) is 23.1 Å². The third kappa shape index (κ3) is 4.49. The number of hydrogen-bond donors (Lipinski definition) is 2. The van der Waals surface area contributed by atoms with Crippen molar-refractivity contribution in [1.82, 2.24) is 5.32 Å². The lowest BCUT2D eigenvalue weighted by atomic mass is 9.88. The topological polar surface area (TPSA) is 70.9 Å². The second kappa shape index (κ2) is 6.46. The zero-order valence-corrected chi connectivity index (χ0v) is 15.4. The Morgan fingerprint density at radius 2 is 1.96 bits per heavy atom. The molecule has 0 saturated carbocycles. The summed E-state index contributed by atoms with van der Waals surface area (Å²) in [5.41, 5.74) is 2.20. The maximum Gasteiger partial charge on any atom is 0.405 e. The zero-order valence-electron chi connectivity index (χ0n) is 15.4. The standard InChI is InChI=1S/C19H28N2O3/c1-12-7-13(2)9-15(8-12)11-19(6,21-17(22)23)16-20-18(4,5)10-14(3)24-16/h7-9,14,21H,10-11H2,1-6H3,(H,22,23). The van der Waals surface area contributed by atoms with Crippen molar-refractivity contribution in [3.05, 3.63) is 34.9 Å². The first-order valence-corrected chi connectivity index (χ1v) is 8.34. The minimum absolute atomic E-state index is 0.00154. The zero-order chi connectivity index (χ0) is 18.1. The van der Waals surface area contributed by atoms with Gasteiger partial charge >= 0.3 is 6.09 Å². The molecule has 1 aromatic carbocycles. The maximum absolute atomic E-state index is 11.4. The number of amides is 1. The van der Waals surface area contributed by atoms with Crippen molar-refractivity contribution in [1.29, 1.82) is 0 Å². The van der Waals surface area contributed by atoms with Gasteiger partial charge in [-0.05, 0) is 47.1 Å². The van der Waals surface area contributed by atoms with E-state index in [1.54, 1.807) is 0 Å². The largest absolute Gasteiger partial charge is 0.476 e. The van der Waals surface area contributed by atoms with E-state index >= 15 is 0 Å². The van der Waals surface area contributed by atoms with Gasteiger partial charge < -0.3 is 15.2 Å². The number of hydrogen-bond acceptors (Lipinski definition) is 3. The molecule has 1 aliphatic rings. The van der Waals surface area contributed by atoms with Gasteiger partial charge in [0.05, 0.1) is 11.6 Å². The van der Waals surface area contributed by atoms with Gasteiger partial charge in [0.25, 0.3) is 0 Å². The van der Waals surface area contributed by atoms with Crippen molar-refractivity contribution >= 4 is 12.0 Å². The number of rotatable bonds is 4. The molecule has 1 heterocycles. The van der Waals surface area contributed by atoms with Crippen molar-refractivity contribution in [3.8, 4) is 0 Å². The van der Waals surface area contributed by atoms with Crippen molar-refractivity contribution in [2.24, 2.45) is 4.99 Å². The Balaban J connectivity index is 2.42. The van der Waals surface area contributed by atoms with Gasteiger partial charge in [0, 0.05) is 12.8 Å². The summed E-state index contributed by atoms with van der Waals surface area (Å²) in [6, 6.07) is 6.25. The number of aliphatic imine (C=N–C) groups is 1. The summed E-state index contributed by atoms with van der Waals surface area (Å²) in [7, 11) is 0. The van der Waals surface area contributed by atoms with Crippen LogP contribution in [0.2, 0.25) is 0 Å². The molecule has 5 nitrogen and oxygen atoms in total. The minimum Gasteiger partial charge on any atom is -0.476 e. The molecule has 2 unspecified atom stereocenters. The summed E-state index contributed by atoms with van der Waals surface area (Å²) in [5.74, 6) is 0.466. The number of ether oxygens (including phenoxy) is 1. The molecule has 0 saturated heterocycles. The average Bonchev–Trinajstić information content (AvgIpc) is 2.33. The molecule has 132 valence electrons. The van der Waals surface area contributed by atoms with Gasteiger partial charge in [0.1, 0.15) is 5.54 Å². The van der Waals surface area contributed by atoms with Crippen LogP contribution in [0.4, 0.5) is 4.79 Å². The Hall–Kier alpha value is -2.04. The molecular formula is C19H28N2O3. The SMILES string of the molecule is Cc1cc(C)cc(CC(C)(NC(=O)O)C2=NC(C)(C)CC(C)O2)c1. The molecule has 24 heavy (non-hydrogen) atoms. The minimum atomic E-state index is -1.08. The highest BCUT2D eigenvalue weighted by Gasteiger charge is 2.40. The monoisotopic (exact) mass is 332 g/mol. The summed E-state index contributed by atoms with van der Waals surface area (Å²) in [5, 5.41) is 12.0. The van der Waals surface area contributed by atoms with Crippen LogP contribution in [0.5, 0.6) is 0 Å². The van der Waals surface area contributed by atoms with E-state index in [2.05, 4.69) is 23.5 Å². The molecule has 0 fully saturated rings. The van der Waals surface area contributed by atoms with E-state index < -0.39 is 11.6 Å². The first-order valence-electron chi connectivity index (χ1n) is 8.34. The molecule has 2 rings (SSSR count). The molecule has 0 aromatic heterocycles. The van der Waals surface area contributed by atoms with Gasteiger partial charge in [-0.2, -0.15) is 0 Å². The Labute approximate surface area is 144 Å². The average molecular weight is 332 g/mol. The van der Waals surface area contributed by atoms with Crippen molar-refractivity contribution in [2.75, 3.05) is 0 Å². The molecule has 0 bridgehead atoms. The van der Waals surface area contributed by atoms with Gasteiger partial charge in [-0.15, -0.1) is 0 Å². The van der Waals surface area contributed by atoms with E-state index in [1.165, 1.54) is 0 Å². The summed E-state index contributed by atoms with van der Waals surface area (Å²) < 4.78 is 5.94. The number of aryl methyl sites for hydroxylation is 2. The predicted molar refractivity (Wildman–Crippen MR) is 95.9 cm³/mol. The van der Waals surface area contributed by atoms with Crippen LogP contribution in [0.25, 0.3) is 0 Å². The third-order valence-electron chi connectivity index (χ3n) is 4.20. The highest BCUT2D eigenvalue weighted by Crippen LogP contribution is 2.29. The smallest absolute Gasteiger partial charge is 0.405 e. The van der Waals surface area contributed by atoms with Crippen molar-refractivity contribution in [3.63, 3.8) is 0 Å². The highest BCUT2D eigenvalue weighted by atomic mass is 16.5. The number of carboxylic acid groups (broad SMARTS) is 1. The van der Waals surface area contributed by atoms with Crippen molar-refractivity contribution in [2.45, 2.75) is 71.6 Å². The number of nitrogens with zero attached hydrogens (tertiary/aromatic N) is 1. The van der Waals surface area contributed by atoms with E-state index in [9.17, 15) is 9.90 Å². The van der Waals surface area contributed by atoms with Crippen LogP contribution in [0.3, 0.4) is 0 Å².